The molecule has 0 heterocycles. The van der Waals surface area contributed by atoms with Crippen molar-refractivity contribution in [3.8, 4) is 0 Å². The van der Waals surface area contributed by atoms with Gasteiger partial charge in [0.05, 0.1) is 14.2 Å². The van der Waals surface area contributed by atoms with Crippen LogP contribution < -0.4 is 21.3 Å². The SMILES string of the molecule is CNCCNC=C1C=C(OC)C=CC1=O.CNCCNC=C1C=C(OC)C=CC1=O.[Fe+3]. The second-order valence-electron chi connectivity index (χ2n) is 6.21. The molecule has 0 spiro atoms. The van der Waals surface area contributed by atoms with E-state index >= 15 is 0 Å². The number of nitrogens with one attached hydrogen (secondary N) is 4. The molecule has 1 radical (unpaired) electrons. The van der Waals surface area contributed by atoms with E-state index in [1.807, 2.05) is 14.1 Å². The molecule has 0 aromatic heterocycles. The standard InChI is InChI=1S/2C11H16N2O2.Fe/c2*1-12-5-6-13-8-9-7-10(15-2)3-4-11(9)14;/h2*3-4,7-8,12-13H,5-6H2,1-2H3;/q;;+3. The Morgan fingerprint density at radius 3 is 1.42 bits per heavy atom. The van der Waals surface area contributed by atoms with Crippen molar-refractivity contribution in [3.63, 3.8) is 0 Å². The molecule has 169 valence electrons. The average Bonchev–Trinajstić information content (AvgIpc) is 2.77. The van der Waals surface area contributed by atoms with Crippen molar-refractivity contribution in [2.24, 2.45) is 0 Å². The maximum Gasteiger partial charge on any atom is 3.00 e. The molecule has 31 heavy (non-hydrogen) atoms. The van der Waals surface area contributed by atoms with Crippen LogP contribution in [0, 0.1) is 0 Å². The second kappa shape index (κ2) is 17.1. The molecule has 0 aromatic carbocycles. The van der Waals surface area contributed by atoms with Crippen LogP contribution in [0.15, 0.2) is 71.5 Å². The summed E-state index contributed by atoms with van der Waals surface area (Å²) in [5, 5.41) is 12.1. The van der Waals surface area contributed by atoms with Crippen molar-refractivity contribution in [1.29, 1.82) is 0 Å². The summed E-state index contributed by atoms with van der Waals surface area (Å²) in [7, 11) is 6.93. The molecule has 0 fully saturated rings. The maximum absolute atomic E-state index is 11.4. The number of carbonyl (C=O) groups is 2. The summed E-state index contributed by atoms with van der Waals surface area (Å²) >= 11 is 0. The van der Waals surface area contributed by atoms with Crippen molar-refractivity contribution in [3.05, 3.63) is 71.5 Å². The topological polar surface area (TPSA) is 101 Å². The molecule has 0 unspecified atom stereocenters. The van der Waals surface area contributed by atoms with Gasteiger partial charge in [-0.05, 0) is 50.6 Å². The van der Waals surface area contributed by atoms with E-state index in [1.165, 1.54) is 12.2 Å². The molecule has 0 amide bonds. The van der Waals surface area contributed by atoms with Crippen LogP contribution in [0.4, 0.5) is 0 Å². The number of ketones is 2. The number of hydrogen-bond donors (Lipinski definition) is 4. The normalized spacial score (nSPS) is 17.3. The zero-order valence-corrected chi connectivity index (χ0v) is 19.5. The summed E-state index contributed by atoms with van der Waals surface area (Å²) in [5.41, 5.74) is 1.23. The molecule has 0 atom stereocenters. The van der Waals surface area contributed by atoms with Crippen molar-refractivity contribution >= 4 is 11.6 Å². The summed E-state index contributed by atoms with van der Waals surface area (Å²) in [6.07, 6.45) is 13.2. The molecular formula is C22H32FeN4O4+3. The van der Waals surface area contributed by atoms with Crippen LogP contribution in [0.2, 0.25) is 0 Å². The summed E-state index contributed by atoms with van der Waals surface area (Å²) in [4.78, 5) is 22.8. The van der Waals surface area contributed by atoms with Crippen molar-refractivity contribution in [2.45, 2.75) is 0 Å². The van der Waals surface area contributed by atoms with E-state index < -0.39 is 0 Å². The van der Waals surface area contributed by atoms with Gasteiger partial charge in [-0.1, -0.05) is 0 Å². The van der Waals surface area contributed by atoms with E-state index in [9.17, 15) is 9.59 Å². The Bertz CT molecular complexity index is 703. The monoisotopic (exact) mass is 472 g/mol. The van der Waals surface area contributed by atoms with Crippen molar-refractivity contribution < 1.29 is 36.1 Å². The number of ether oxygens (including phenoxy) is 2. The fourth-order valence-electron chi connectivity index (χ4n) is 2.29. The van der Waals surface area contributed by atoms with Gasteiger partial charge in [0.2, 0.25) is 0 Å². The zero-order valence-electron chi connectivity index (χ0n) is 18.4. The predicted molar refractivity (Wildman–Crippen MR) is 119 cm³/mol. The maximum atomic E-state index is 11.4. The number of hydrogen-bond acceptors (Lipinski definition) is 8. The summed E-state index contributed by atoms with van der Waals surface area (Å²) in [6.45, 7) is 3.28. The first-order valence-corrected chi connectivity index (χ1v) is 9.68. The van der Waals surface area contributed by atoms with E-state index in [-0.39, 0.29) is 28.6 Å². The smallest absolute Gasteiger partial charge is 0.497 e. The van der Waals surface area contributed by atoms with Gasteiger partial charge < -0.3 is 30.7 Å². The number of carbonyl (C=O) groups excluding carboxylic acids is 2. The Morgan fingerprint density at radius 2 is 1.10 bits per heavy atom. The first kappa shape index (κ1) is 28.4. The fraction of sp³-hybridized carbons (Fsp3) is 0.364. The van der Waals surface area contributed by atoms with Gasteiger partial charge in [0.25, 0.3) is 0 Å². The van der Waals surface area contributed by atoms with E-state index in [4.69, 9.17) is 9.47 Å². The molecule has 8 nitrogen and oxygen atoms in total. The first-order chi connectivity index (χ1) is 14.5. The molecule has 0 aliphatic heterocycles. The Balaban J connectivity index is 0.000000562. The molecule has 4 N–H and O–H groups in total. The Kier molecular flexibility index (Phi) is 15.7. The van der Waals surface area contributed by atoms with E-state index in [0.717, 1.165) is 26.2 Å². The summed E-state index contributed by atoms with van der Waals surface area (Å²) in [6, 6.07) is 0. The van der Waals surface area contributed by atoms with Gasteiger partial charge in [-0.25, -0.2) is 0 Å². The van der Waals surface area contributed by atoms with Gasteiger partial charge >= 0.3 is 17.1 Å². The molecule has 0 bridgehead atoms. The molecule has 0 aromatic rings. The predicted octanol–water partition coefficient (Wildman–Crippen LogP) is 0.695. The molecular weight excluding hydrogens is 440 g/mol. The van der Waals surface area contributed by atoms with Crippen LogP contribution in [-0.4, -0.2) is 66.1 Å². The van der Waals surface area contributed by atoms with Crippen molar-refractivity contribution in [2.75, 3.05) is 54.5 Å². The van der Waals surface area contributed by atoms with Crippen LogP contribution in [0.5, 0.6) is 0 Å². The van der Waals surface area contributed by atoms with Gasteiger partial charge in [-0.3, -0.25) is 9.59 Å². The minimum atomic E-state index is -0.00671. The third-order valence-electron chi connectivity index (χ3n) is 3.99. The van der Waals surface area contributed by atoms with Crippen LogP contribution in [-0.2, 0) is 36.1 Å². The molecule has 2 aliphatic rings. The Labute approximate surface area is 195 Å². The number of allylic oxidation sites excluding steroid dienone is 8. The van der Waals surface area contributed by atoms with Crippen LogP contribution in [0.1, 0.15) is 0 Å². The van der Waals surface area contributed by atoms with Gasteiger partial charge in [0.15, 0.2) is 11.6 Å². The van der Waals surface area contributed by atoms with E-state index in [2.05, 4.69) is 21.3 Å². The van der Waals surface area contributed by atoms with Crippen LogP contribution >= 0.6 is 0 Å². The Hall–Kier alpha value is -2.58. The summed E-state index contributed by atoms with van der Waals surface area (Å²) in [5.74, 6) is 1.37. The zero-order chi connectivity index (χ0) is 22.2. The third-order valence-corrected chi connectivity index (χ3v) is 3.99. The molecule has 2 rings (SSSR count). The van der Waals surface area contributed by atoms with Gasteiger partial charge in [0, 0.05) is 49.7 Å². The molecule has 9 heteroatoms. The fourth-order valence-corrected chi connectivity index (χ4v) is 2.29. The quantitative estimate of drug-likeness (QED) is 0.210. The minimum Gasteiger partial charge on any atom is -0.497 e. The minimum absolute atomic E-state index is 0. The molecule has 2 aliphatic carbocycles. The molecule has 0 saturated heterocycles. The van der Waals surface area contributed by atoms with Gasteiger partial charge in [-0.2, -0.15) is 0 Å². The van der Waals surface area contributed by atoms with Gasteiger partial charge in [0.1, 0.15) is 11.5 Å². The van der Waals surface area contributed by atoms with Crippen LogP contribution in [0.3, 0.4) is 0 Å². The van der Waals surface area contributed by atoms with Gasteiger partial charge in [-0.15, -0.1) is 0 Å². The first-order valence-electron chi connectivity index (χ1n) is 9.68. The average molecular weight is 472 g/mol. The molecule has 0 saturated carbocycles. The van der Waals surface area contributed by atoms with Crippen LogP contribution in [0.25, 0.3) is 0 Å². The number of likely N-dealkylation sites (N-methyl/N-ethyl adjacent to an activating group) is 2. The van der Waals surface area contributed by atoms with E-state index in [1.54, 1.807) is 50.9 Å². The Morgan fingerprint density at radius 1 is 0.710 bits per heavy atom. The number of methoxy groups -OCH3 is 2. The van der Waals surface area contributed by atoms with Crippen molar-refractivity contribution in [1.82, 2.24) is 21.3 Å². The largest absolute Gasteiger partial charge is 3.00 e. The third kappa shape index (κ3) is 11.4. The van der Waals surface area contributed by atoms with E-state index in [0.29, 0.717) is 22.7 Å². The number of rotatable bonds is 10. The summed E-state index contributed by atoms with van der Waals surface area (Å²) < 4.78 is 10.1. The second-order valence-corrected chi connectivity index (χ2v) is 6.21.